The molecule has 0 saturated heterocycles. The first kappa shape index (κ1) is 14.0. The van der Waals surface area contributed by atoms with Gasteiger partial charge in [-0.15, -0.1) is 0 Å². The largest absolute Gasteiger partial charge is 0.457 e. The maximum Gasteiger partial charge on any atom is 0.138 e. The monoisotopic (exact) mass is 314 g/mol. The van der Waals surface area contributed by atoms with Crippen LogP contribution in [-0.2, 0) is 0 Å². The summed E-state index contributed by atoms with van der Waals surface area (Å²) >= 11 is 17.6. The summed E-state index contributed by atoms with van der Waals surface area (Å²) in [6, 6.07) is 9.75. The topological polar surface area (TPSA) is 59.1 Å². The molecule has 0 amide bonds. The minimum Gasteiger partial charge on any atom is -0.457 e. The molecule has 3 N–H and O–H groups in total. The number of amidine groups is 1. The average Bonchev–Trinajstić information content (AvgIpc) is 2.36. The van der Waals surface area contributed by atoms with Crippen LogP contribution in [0.4, 0.5) is 0 Å². The van der Waals surface area contributed by atoms with Crippen molar-refractivity contribution in [1.82, 2.24) is 0 Å². The highest BCUT2D eigenvalue weighted by Gasteiger charge is 2.09. The summed E-state index contributed by atoms with van der Waals surface area (Å²) < 4.78 is 5.64. The van der Waals surface area contributed by atoms with Gasteiger partial charge in [0.05, 0.1) is 15.6 Å². The highest BCUT2D eigenvalue weighted by Crippen LogP contribution is 2.31. The highest BCUT2D eigenvalue weighted by atomic mass is 35.5. The normalized spacial score (nSPS) is 10.3. The molecule has 2 rings (SSSR count). The summed E-state index contributed by atoms with van der Waals surface area (Å²) in [5.74, 6) is 0.798. The molecule has 0 radical (unpaired) electrons. The van der Waals surface area contributed by atoms with Gasteiger partial charge in [0.25, 0.3) is 0 Å². The molecule has 0 aliphatic carbocycles. The highest BCUT2D eigenvalue weighted by molar-refractivity contribution is 6.42. The van der Waals surface area contributed by atoms with Gasteiger partial charge in [-0.05, 0) is 30.3 Å². The Morgan fingerprint density at radius 2 is 1.74 bits per heavy atom. The van der Waals surface area contributed by atoms with Gasteiger partial charge in [0.2, 0.25) is 0 Å². The fraction of sp³-hybridized carbons (Fsp3) is 0. The molecule has 0 fully saturated rings. The second-order valence-electron chi connectivity index (χ2n) is 3.73. The number of hydrogen-bond donors (Lipinski definition) is 2. The standard InChI is InChI=1S/C13H9Cl3N2O/c14-7-1-4-12(9(5-7)13(17)18)19-8-2-3-10(15)11(16)6-8/h1-6H,(H3,17,18). The van der Waals surface area contributed by atoms with E-state index in [-0.39, 0.29) is 5.84 Å². The number of rotatable bonds is 3. The zero-order chi connectivity index (χ0) is 14.0. The SMILES string of the molecule is N=C(N)c1cc(Cl)ccc1Oc1ccc(Cl)c(Cl)c1. The molecular weight excluding hydrogens is 307 g/mol. The van der Waals surface area contributed by atoms with Crippen LogP contribution in [0.25, 0.3) is 0 Å². The Morgan fingerprint density at radius 1 is 1.00 bits per heavy atom. The maximum atomic E-state index is 7.51. The van der Waals surface area contributed by atoms with Gasteiger partial charge in [0.15, 0.2) is 0 Å². The van der Waals surface area contributed by atoms with Gasteiger partial charge < -0.3 is 10.5 Å². The predicted octanol–water partition coefficient (Wildman–Crippen LogP) is 4.72. The average molecular weight is 316 g/mol. The molecule has 0 aliphatic heterocycles. The first-order valence-corrected chi connectivity index (χ1v) is 6.37. The van der Waals surface area contributed by atoms with Crippen molar-refractivity contribution in [3.05, 3.63) is 57.0 Å². The van der Waals surface area contributed by atoms with E-state index in [1.54, 1.807) is 36.4 Å². The lowest BCUT2D eigenvalue weighted by Crippen LogP contribution is -2.12. The minimum absolute atomic E-state index is 0.127. The Morgan fingerprint density at radius 3 is 2.37 bits per heavy atom. The van der Waals surface area contributed by atoms with Crippen LogP contribution < -0.4 is 10.5 Å². The molecule has 0 saturated carbocycles. The molecule has 98 valence electrons. The van der Waals surface area contributed by atoms with E-state index in [2.05, 4.69) is 0 Å². The van der Waals surface area contributed by atoms with Crippen molar-refractivity contribution < 1.29 is 4.74 Å². The van der Waals surface area contributed by atoms with Crippen LogP contribution in [0, 0.1) is 5.41 Å². The van der Waals surface area contributed by atoms with Gasteiger partial charge in [-0.3, -0.25) is 5.41 Å². The van der Waals surface area contributed by atoms with E-state index >= 15 is 0 Å². The minimum atomic E-state index is -0.127. The van der Waals surface area contributed by atoms with Crippen LogP contribution in [0.15, 0.2) is 36.4 Å². The summed E-state index contributed by atoms with van der Waals surface area (Å²) in [6.45, 7) is 0. The van der Waals surface area contributed by atoms with Gasteiger partial charge in [0.1, 0.15) is 17.3 Å². The molecule has 0 spiro atoms. The van der Waals surface area contributed by atoms with Crippen LogP contribution in [0.3, 0.4) is 0 Å². The first-order chi connectivity index (χ1) is 8.97. The van der Waals surface area contributed by atoms with Crippen molar-refractivity contribution in [1.29, 1.82) is 5.41 Å². The molecule has 0 heterocycles. The summed E-state index contributed by atoms with van der Waals surface area (Å²) in [7, 11) is 0. The lowest BCUT2D eigenvalue weighted by atomic mass is 10.2. The van der Waals surface area contributed by atoms with Gasteiger partial charge in [-0.25, -0.2) is 0 Å². The molecule has 2 aromatic carbocycles. The maximum absolute atomic E-state index is 7.51. The smallest absolute Gasteiger partial charge is 0.138 e. The van der Waals surface area contributed by atoms with Crippen LogP contribution in [0.5, 0.6) is 11.5 Å². The summed E-state index contributed by atoms with van der Waals surface area (Å²) in [5, 5.41) is 8.81. The number of ether oxygens (including phenoxy) is 1. The lowest BCUT2D eigenvalue weighted by molar-refractivity contribution is 0.481. The van der Waals surface area contributed by atoms with Crippen molar-refractivity contribution >= 4 is 40.6 Å². The number of hydrogen-bond acceptors (Lipinski definition) is 2. The van der Waals surface area contributed by atoms with Gasteiger partial charge in [-0.1, -0.05) is 34.8 Å². The number of halogens is 3. The van der Waals surface area contributed by atoms with E-state index in [9.17, 15) is 0 Å². The summed E-state index contributed by atoms with van der Waals surface area (Å²) in [4.78, 5) is 0. The third kappa shape index (κ3) is 3.32. The predicted molar refractivity (Wildman–Crippen MR) is 79.0 cm³/mol. The van der Waals surface area contributed by atoms with Crippen LogP contribution in [0.1, 0.15) is 5.56 Å². The first-order valence-electron chi connectivity index (χ1n) is 5.24. The quantitative estimate of drug-likeness (QED) is 0.636. The molecule has 0 aliphatic rings. The Balaban J connectivity index is 2.37. The van der Waals surface area contributed by atoms with Crippen LogP contribution in [0.2, 0.25) is 15.1 Å². The number of nitrogen functional groups attached to an aromatic ring is 1. The van der Waals surface area contributed by atoms with E-state index in [0.29, 0.717) is 32.1 Å². The number of benzene rings is 2. The lowest BCUT2D eigenvalue weighted by Gasteiger charge is -2.11. The Labute approximate surface area is 125 Å². The molecule has 19 heavy (non-hydrogen) atoms. The second kappa shape index (κ2) is 5.70. The Kier molecular flexibility index (Phi) is 4.20. The molecular formula is C13H9Cl3N2O. The van der Waals surface area contributed by atoms with E-state index < -0.39 is 0 Å². The van der Waals surface area contributed by atoms with Crippen molar-refractivity contribution in [2.45, 2.75) is 0 Å². The van der Waals surface area contributed by atoms with Crippen LogP contribution >= 0.6 is 34.8 Å². The van der Waals surface area contributed by atoms with Gasteiger partial charge >= 0.3 is 0 Å². The van der Waals surface area contributed by atoms with Gasteiger partial charge in [0, 0.05) is 11.1 Å². The molecule has 6 heteroatoms. The molecule has 0 aromatic heterocycles. The second-order valence-corrected chi connectivity index (χ2v) is 4.98. The molecule has 2 aromatic rings. The van der Waals surface area contributed by atoms with Crippen molar-refractivity contribution in [2.24, 2.45) is 5.73 Å². The third-order valence-electron chi connectivity index (χ3n) is 2.35. The molecule has 0 bridgehead atoms. The molecule has 0 unspecified atom stereocenters. The van der Waals surface area contributed by atoms with Crippen LogP contribution in [-0.4, -0.2) is 5.84 Å². The Bertz CT molecular complexity index is 644. The fourth-order valence-electron chi connectivity index (χ4n) is 1.47. The van der Waals surface area contributed by atoms with Crippen molar-refractivity contribution in [2.75, 3.05) is 0 Å². The number of nitrogens with two attached hydrogens (primary N) is 1. The van der Waals surface area contributed by atoms with E-state index in [1.165, 1.54) is 0 Å². The summed E-state index contributed by atoms with van der Waals surface area (Å²) in [6.07, 6.45) is 0. The Hall–Kier alpha value is -1.42. The number of nitrogens with one attached hydrogen (secondary N) is 1. The zero-order valence-corrected chi connectivity index (χ0v) is 11.9. The van der Waals surface area contributed by atoms with Crippen molar-refractivity contribution in [3.63, 3.8) is 0 Å². The van der Waals surface area contributed by atoms with E-state index in [4.69, 9.17) is 50.7 Å². The molecule has 3 nitrogen and oxygen atoms in total. The fourth-order valence-corrected chi connectivity index (χ4v) is 1.93. The molecule has 0 atom stereocenters. The van der Waals surface area contributed by atoms with Crippen molar-refractivity contribution in [3.8, 4) is 11.5 Å². The van der Waals surface area contributed by atoms with Gasteiger partial charge in [-0.2, -0.15) is 0 Å². The summed E-state index contributed by atoms with van der Waals surface area (Å²) in [5.41, 5.74) is 5.90. The van der Waals surface area contributed by atoms with E-state index in [1.807, 2.05) is 0 Å². The van der Waals surface area contributed by atoms with E-state index in [0.717, 1.165) is 0 Å². The third-order valence-corrected chi connectivity index (χ3v) is 3.32. The zero-order valence-electron chi connectivity index (χ0n) is 9.58.